The van der Waals surface area contributed by atoms with Crippen molar-refractivity contribution in [2.75, 3.05) is 26.4 Å². The first-order valence-corrected chi connectivity index (χ1v) is 24.5. The highest BCUT2D eigenvalue weighted by Crippen LogP contribution is 2.79. The van der Waals surface area contributed by atoms with Crippen molar-refractivity contribution in [2.45, 2.75) is 210 Å². The maximum Gasteiger partial charge on any atom is 0.187 e. The lowest BCUT2D eigenvalue weighted by molar-refractivity contribution is -0.365. The molecule has 66 heavy (non-hydrogen) atoms. The van der Waals surface area contributed by atoms with Crippen LogP contribution in [-0.4, -0.2) is 193 Å². The van der Waals surface area contributed by atoms with Gasteiger partial charge in [0.25, 0.3) is 0 Å². The Balaban J connectivity index is 0.888. The van der Waals surface area contributed by atoms with Gasteiger partial charge in [-0.2, -0.15) is 0 Å². The van der Waals surface area contributed by atoms with Gasteiger partial charge in [0.05, 0.1) is 50.3 Å². The van der Waals surface area contributed by atoms with Gasteiger partial charge in [-0.1, -0.05) is 53.7 Å². The molecule has 0 aromatic carbocycles. The molecule has 4 saturated carbocycles. The van der Waals surface area contributed by atoms with Gasteiger partial charge in [-0.3, -0.25) is 0 Å². The Morgan fingerprint density at radius 2 is 1.29 bits per heavy atom. The Kier molecular flexibility index (Phi) is 12.9. The van der Waals surface area contributed by atoms with E-state index in [1.165, 1.54) is 6.92 Å². The highest BCUT2D eigenvalue weighted by molar-refractivity contribution is 5.36. The highest BCUT2D eigenvalue weighted by atomic mass is 16.8. The van der Waals surface area contributed by atoms with E-state index in [1.54, 1.807) is 0 Å². The fourth-order valence-corrected chi connectivity index (χ4v) is 15.7. The fourth-order valence-electron chi connectivity index (χ4n) is 15.7. The zero-order chi connectivity index (χ0) is 47.9. The minimum absolute atomic E-state index is 0.0353. The molecule has 9 rings (SSSR count). The summed E-state index contributed by atoms with van der Waals surface area (Å²) in [5.41, 5.74) is -2.27. The van der Waals surface area contributed by atoms with E-state index in [4.69, 9.17) is 33.2 Å². The van der Waals surface area contributed by atoms with Gasteiger partial charge < -0.3 is 89.3 Å². The summed E-state index contributed by atoms with van der Waals surface area (Å²) >= 11 is 0. The van der Waals surface area contributed by atoms with E-state index in [9.17, 15) is 56.2 Å². The van der Waals surface area contributed by atoms with Crippen LogP contribution in [0.15, 0.2) is 12.2 Å². The van der Waals surface area contributed by atoms with Crippen LogP contribution in [0, 0.1) is 50.2 Å². The van der Waals surface area contributed by atoms with Gasteiger partial charge in [-0.15, -0.1) is 0 Å². The van der Waals surface area contributed by atoms with E-state index in [2.05, 4.69) is 46.8 Å². The molecule has 26 atom stereocenters. The van der Waals surface area contributed by atoms with Crippen LogP contribution in [-0.2, 0) is 33.2 Å². The average molecular weight is 943 g/mol. The van der Waals surface area contributed by atoms with Crippen molar-refractivity contribution >= 4 is 0 Å². The van der Waals surface area contributed by atoms with Gasteiger partial charge in [-0.05, 0) is 86.4 Å². The first kappa shape index (κ1) is 50.0. The lowest BCUT2D eigenvalue weighted by Crippen LogP contribution is -2.72. The quantitative estimate of drug-likeness (QED) is 0.104. The van der Waals surface area contributed by atoms with Crippen LogP contribution in [0.3, 0.4) is 0 Å². The molecule has 2 bridgehead atoms. The predicted octanol–water partition coefficient (Wildman–Crippen LogP) is -0.399. The lowest BCUT2D eigenvalue weighted by atomic mass is 9.32. The molecular weight excluding hydrogens is 865 g/mol. The number of hydrogen-bond acceptors (Lipinski definition) is 18. The van der Waals surface area contributed by atoms with Crippen LogP contribution in [0.25, 0.3) is 0 Å². The maximum absolute atomic E-state index is 12.2. The molecule has 0 amide bonds. The van der Waals surface area contributed by atoms with Crippen LogP contribution >= 0.6 is 0 Å². The summed E-state index contributed by atoms with van der Waals surface area (Å²) in [6.45, 7) is 14.3. The second-order valence-corrected chi connectivity index (χ2v) is 23.8. The molecule has 0 aromatic rings. The van der Waals surface area contributed by atoms with E-state index >= 15 is 0 Å². The van der Waals surface area contributed by atoms with E-state index in [1.807, 2.05) is 6.92 Å². The molecule has 0 radical (unpaired) electrons. The third kappa shape index (κ3) is 7.08. The molecule has 5 aliphatic carbocycles. The van der Waals surface area contributed by atoms with Gasteiger partial charge in [0.1, 0.15) is 67.1 Å². The Labute approximate surface area is 387 Å². The molecule has 378 valence electrons. The van der Waals surface area contributed by atoms with Crippen LogP contribution in [0.1, 0.15) is 99.8 Å². The van der Waals surface area contributed by atoms with E-state index in [0.717, 1.165) is 38.5 Å². The van der Waals surface area contributed by atoms with Crippen LogP contribution in [0.2, 0.25) is 0 Å². The molecule has 18 nitrogen and oxygen atoms in total. The number of ether oxygens (including phenoxy) is 7. The number of aliphatic hydroxyl groups is 11. The maximum atomic E-state index is 12.2. The van der Waals surface area contributed by atoms with Gasteiger partial charge in [0.2, 0.25) is 0 Å². The van der Waals surface area contributed by atoms with Gasteiger partial charge in [-0.25, -0.2) is 0 Å². The Bertz CT molecular complexity index is 1800. The smallest absolute Gasteiger partial charge is 0.187 e. The minimum atomic E-state index is -1.82. The molecule has 11 N–H and O–H groups in total. The van der Waals surface area contributed by atoms with Gasteiger partial charge in [0, 0.05) is 22.2 Å². The fraction of sp³-hybridized carbons (Fsp3) is 0.958. The van der Waals surface area contributed by atoms with Crippen molar-refractivity contribution in [1.29, 1.82) is 0 Å². The molecular formula is C48H78O18. The first-order chi connectivity index (χ1) is 30.9. The number of fused-ring (bicyclic) bond motifs is 4. The van der Waals surface area contributed by atoms with Crippen molar-refractivity contribution in [2.24, 2.45) is 50.2 Å². The molecule has 8 fully saturated rings. The third-order valence-electron chi connectivity index (χ3n) is 20.0. The van der Waals surface area contributed by atoms with E-state index in [0.29, 0.717) is 19.4 Å². The van der Waals surface area contributed by atoms with Crippen LogP contribution < -0.4 is 0 Å². The molecule has 1 spiro atoms. The standard InChI is InChI=1S/C48H78O18/c1-22-30(52)32(54)35(57)40(62-22)66-38-23(18-49)63-39(37(59)34(38)56)60-19-24-31(53)33(55)36(58)41(64-24)65-29-10-11-43(4)25(44(29,5)20-50)8-12-45(6)26(43)9-13-48-27-16-42(2,3)14-15-47(27,21-61-48)28(51)17-46(45,48)7/h9,13,22-41,49-59H,8,10-12,14-21H2,1-7H3/t22-,23+,24+,25-,26-,27-,28-,29-,30-,31+,32+,33-,34+,35+,36-,37+,38+,39+,40+,41-,43-,44-,45+,46+,47+,48+/m0/s1. The van der Waals surface area contributed by atoms with E-state index < -0.39 is 129 Å². The number of allylic oxidation sites excluding steroid dienone is 1. The Morgan fingerprint density at radius 1 is 0.636 bits per heavy atom. The lowest BCUT2D eigenvalue weighted by Gasteiger charge is -2.73. The second kappa shape index (κ2) is 17.1. The molecule has 18 heteroatoms. The Hall–Kier alpha value is -0.980. The summed E-state index contributed by atoms with van der Waals surface area (Å²) in [4.78, 5) is 0. The largest absolute Gasteiger partial charge is 0.396 e. The Morgan fingerprint density at radius 3 is 1.97 bits per heavy atom. The molecule has 0 unspecified atom stereocenters. The summed E-state index contributed by atoms with van der Waals surface area (Å²) in [6, 6.07) is 0. The SMILES string of the molecule is C[C@@H]1O[C@H](O[C@H]2[C@H](O)[C@@H](O)[C@H](OC[C@H]3O[C@@H](O[C@H]4CC[C@@]5(C)[C@H](CC[C@]6(C)[C@H]5C=C[C@@]57OC[C@@]8(CCC(C)(C)C[C@@H]85)[C@@H](O)C[C@]67C)[C@]4(C)CO)[C@@H](O)[C@@H](O)[C@@H]3O)O[C@@H]2CO)[C@H](O)[C@H](O)[C@H]1O. The molecule has 4 aliphatic heterocycles. The summed E-state index contributed by atoms with van der Waals surface area (Å²) in [7, 11) is 0. The predicted molar refractivity (Wildman–Crippen MR) is 229 cm³/mol. The monoisotopic (exact) mass is 943 g/mol. The first-order valence-electron chi connectivity index (χ1n) is 24.5. The average Bonchev–Trinajstić information content (AvgIpc) is 3.55. The van der Waals surface area contributed by atoms with Gasteiger partial charge >= 0.3 is 0 Å². The number of rotatable bonds is 9. The summed E-state index contributed by atoms with van der Waals surface area (Å²) in [6.07, 6.45) is -13.1. The summed E-state index contributed by atoms with van der Waals surface area (Å²) in [5, 5.41) is 120. The van der Waals surface area contributed by atoms with Crippen molar-refractivity contribution in [3.05, 3.63) is 12.2 Å². The van der Waals surface area contributed by atoms with Crippen LogP contribution in [0.4, 0.5) is 0 Å². The minimum Gasteiger partial charge on any atom is -0.396 e. The van der Waals surface area contributed by atoms with Crippen molar-refractivity contribution in [3.8, 4) is 0 Å². The van der Waals surface area contributed by atoms with Crippen LogP contribution in [0.5, 0.6) is 0 Å². The van der Waals surface area contributed by atoms with Crippen molar-refractivity contribution in [3.63, 3.8) is 0 Å². The zero-order valence-electron chi connectivity index (χ0n) is 39.5. The molecule has 4 saturated heterocycles. The van der Waals surface area contributed by atoms with E-state index in [-0.39, 0.29) is 51.4 Å². The normalized spacial score (nSPS) is 58.8. The zero-order valence-corrected chi connectivity index (χ0v) is 39.5. The second-order valence-electron chi connectivity index (χ2n) is 23.8. The topological polar surface area (TPSA) is 287 Å². The van der Waals surface area contributed by atoms with Crippen molar-refractivity contribution in [1.82, 2.24) is 0 Å². The molecule has 4 heterocycles. The third-order valence-corrected chi connectivity index (χ3v) is 20.0. The number of aliphatic hydroxyl groups excluding tert-OH is 11. The van der Waals surface area contributed by atoms with Crippen molar-refractivity contribution < 1.29 is 89.3 Å². The molecule has 0 aromatic heterocycles. The summed E-state index contributed by atoms with van der Waals surface area (Å²) in [5.74, 6) is 0.278. The number of hydrogen-bond donors (Lipinski definition) is 11. The summed E-state index contributed by atoms with van der Waals surface area (Å²) < 4.78 is 42.5. The molecule has 9 aliphatic rings. The van der Waals surface area contributed by atoms with Gasteiger partial charge in [0.15, 0.2) is 18.9 Å². The highest BCUT2D eigenvalue weighted by Gasteiger charge is 2.79.